The Kier molecular flexibility index (Phi) is 4.80. The number of amides is 1. The molecule has 7 heteroatoms. The summed E-state index contributed by atoms with van der Waals surface area (Å²) in [7, 11) is 1.69. The molecule has 2 N–H and O–H groups in total. The van der Waals surface area contributed by atoms with Crippen LogP contribution in [0, 0.1) is 5.41 Å². The molecule has 0 aliphatic carbocycles. The third-order valence-electron chi connectivity index (χ3n) is 2.58. The summed E-state index contributed by atoms with van der Waals surface area (Å²) in [5.41, 5.74) is -0.989. The molecule has 1 aromatic rings. The van der Waals surface area contributed by atoms with Crippen LogP contribution in [-0.2, 0) is 9.59 Å². The van der Waals surface area contributed by atoms with Crippen LogP contribution < -0.4 is 10.2 Å². The van der Waals surface area contributed by atoms with E-state index in [4.69, 9.17) is 5.11 Å². The molecule has 0 saturated heterocycles. The van der Waals surface area contributed by atoms with E-state index in [1.165, 1.54) is 0 Å². The maximum absolute atomic E-state index is 11.7. The number of likely N-dealkylation sites (N-methyl/N-ethyl adjacent to an activating group) is 1. The molecular weight excluding hydrogens is 248 g/mol. The molecule has 0 saturated carbocycles. The number of carboxylic acid groups (broad SMARTS) is 1. The highest BCUT2D eigenvalue weighted by Crippen LogP contribution is 2.13. The topological polar surface area (TPSA) is 95.4 Å². The van der Waals surface area contributed by atoms with Gasteiger partial charge in [-0.1, -0.05) is 0 Å². The third-order valence-corrected chi connectivity index (χ3v) is 2.58. The predicted octanol–water partition coefficient (Wildman–Crippen LogP) is 0.140. The summed E-state index contributed by atoms with van der Waals surface area (Å²) >= 11 is 0. The van der Waals surface area contributed by atoms with Gasteiger partial charge in [0, 0.05) is 26.0 Å². The fourth-order valence-electron chi connectivity index (χ4n) is 1.23. The van der Waals surface area contributed by atoms with E-state index in [1.54, 1.807) is 44.3 Å². The van der Waals surface area contributed by atoms with Crippen LogP contribution in [0.15, 0.2) is 18.5 Å². The van der Waals surface area contributed by atoms with E-state index in [9.17, 15) is 9.59 Å². The minimum absolute atomic E-state index is 0.0692. The molecule has 0 bridgehead atoms. The van der Waals surface area contributed by atoms with Gasteiger partial charge in [0.2, 0.25) is 11.9 Å². The van der Waals surface area contributed by atoms with Crippen LogP contribution >= 0.6 is 0 Å². The molecule has 0 unspecified atom stereocenters. The maximum atomic E-state index is 11.7. The van der Waals surface area contributed by atoms with Crippen LogP contribution in [0.3, 0.4) is 0 Å². The Bertz CT molecular complexity index is 448. The molecule has 0 aliphatic heterocycles. The van der Waals surface area contributed by atoms with Crippen LogP contribution in [0.2, 0.25) is 0 Å². The van der Waals surface area contributed by atoms with Crippen molar-refractivity contribution in [2.24, 2.45) is 5.41 Å². The number of carbonyl (C=O) groups excluding carboxylic acids is 1. The molecule has 7 nitrogen and oxygen atoms in total. The molecule has 1 rings (SSSR count). The highest BCUT2D eigenvalue weighted by Gasteiger charge is 2.27. The molecule has 0 radical (unpaired) electrons. The highest BCUT2D eigenvalue weighted by molar-refractivity contribution is 5.82. The van der Waals surface area contributed by atoms with Crippen LogP contribution in [0.5, 0.6) is 0 Å². The van der Waals surface area contributed by atoms with E-state index in [2.05, 4.69) is 15.3 Å². The average Bonchev–Trinajstić information content (AvgIpc) is 2.37. The SMILES string of the molecule is CN(CC(=O)NCC(C)(C)C(=O)O)c1ncccn1. The van der Waals surface area contributed by atoms with Crippen LogP contribution in [0.1, 0.15) is 13.8 Å². The number of nitrogens with zero attached hydrogens (tertiary/aromatic N) is 3. The zero-order chi connectivity index (χ0) is 14.5. The van der Waals surface area contributed by atoms with Crippen molar-refractivity contribution in [3.05, 3.63) is 18.5 Å². The summed E-state index contributed by atoms with van der Waals surface area (Å²) in [5, 5.41) is 11.5. The second-order valence-corrected chi connectivity index (χ2v) is 4.87. The summed E-state index contributed by atoms with van der Waals surface area (Å²) in [6.07, 6.45) is 3.18. The lowest BCUT2D eigenvalue weighted by Gasteiger charge is -2.21. The smallest absolute Gasteiger partial charge is 0.310 e. The Morgan fingerprint density at radius 3 is 2.47 bits per heavy atom. The van der Waals surface area contributed by atoms with Crippen molar-refractivity contribution < 1.29 is 14.7 Å². The van der Waals surface area contributed by atoms with Crippen molar-refractivity contribution >= 4 is 17.8 Å². The molecule has 0 aliphatic rings. The fraction of sp³-hybridized carbons (Fsp3) is 0.500. The second-order valence-electron chi connectivity index (χ2n) is 4.87. The first-order valence-corrected chi connectivity index (χ1v) is 5.81. The largest absolute Gasteiger partial charge is 0.481 e. The Hall–Kier alpha value is -2.18. The molecule has 0 atom stereocenters. The van der Waals surface area contributed by atoms with Gasteiger partial charge in [-0.15, -0.1) is 0 Å². The highest BCUT2D eigenvalue weighted by atomic mass is 16.4. The first-order valence-electron chi connectivity index (χ1n) is 5.81. The van der Waals surface area contributed by atoms with Gasteiger partial charge in [-0.05, 0) is 19.9 Å². The van der Waals surface area contributed by atoms with Gasteiger partial charge in [0.1, 0.15) is 0 Å². The van der Waals surface area contributed by atoms with Crippen molar-refractivity contribution in [1.29, 1.82) is 0 Å². The molecular formula is C12H18N4O3. The van der Waals surface area contributed by atoms with Gasteiger partial charge in [0.05, 0.1) is 12.0 Å². The van der Waals surface area contributed by atoms with Crippen LogP contribution in [0.25, 0.3) is 0 Å². The number of aliphatic carboxylic acids is 1. The van der Waals surface area contributed by atoms with E-state index in [1.807, 2.05) is 0 Å². The first kappa shape index (κ1) is 14.9. The molecule has 1 heterocycles. The summed E-state index contributed by atoms with van der Waals surface area (Å²) < 4.78 is 0. The van der Waals surface area contributed by atoms with Gasteiger partial charge in [0.25, 0.3) is 0 Å². The lowest BCUT2D eigenvalue weighted by Crippen LogP contribution is -2.42. The minimum atomic E-state index is -0.989. The van der Waals surface area contributed by atoms with Gasteiger partial charge in [-0.25, -0.2) is 9.97 Å². The van der Waals surface area contributed by atoms with Crippen molar-refractivity contribution in [2.75, 3.05) is 25.0 Å². The molecule has 104 valence electrons. The van der Waals surface area contributed by atoms with Gasteiger partial charge in [-0.3, -0.25) is 9.59 Å². The molecule has 0 spiro atoms. The van der Waals surface area contributed by atoms with Crippen molar-refractivity contribution in [3.63, 3.8) is 0 Å². The zero-order valence-corrected chi connectivity index (χ0v) is 11.3. The average molecular weight is 266 g/mol. The number of nitrogens with one attached hydrogen (secondary N) is 1. The van der Waals surface area contributed by atoms with E-state index in [0.29, 0.717) is 5.95 Å². The zero-order valence-electron chi connectivity index (χ0n) is 11.3. The van der Waals surface area contributed by atoms with Gasteiger partial charge in [0.15, 0.2) is 0 Å². The standard InChI is InChI=1S/C12H18N4O3/c1-12(2,10(18)19)8-15-9(17)7-16(3)11-13-5-4-6-14-11/h4-6H,7-8H2,1-3H3,(H,15,17)(H,18,19). The van der Waals surface area contributed by atoms with Gasteiger partial charge >= 0.3 is 5.97 Å². The lowest BCUT2D eigenvalue weighted by molar-refractivity contribution is -0.146. The van der Waals surface area contributed by atoms with Crippen LogP contribution in [0.4, 0.5) is 5.95 Å². The van der Waals surface area contributed by atoms with Gasteiger partial charge in [-0.2, -0.15) is 0 Å². The van der Waals surface area contributed by atoms with Crippen LogP contribution in [-0.4, -0.2) is 47.1 Å². The Labute approximate surface area is 111 Å². The molecule has 0 aromatic carbocycles. The Morgan fingerprint density at radius 2 is 1.95 bits per heavy atom. The number of carbonyl (C=O) groups is 2. The lowest BCUT2D eigenvalue weighted by atomic mass is 9.94. The molecule has 1 amide bonds. The first-order chi connectivity index (χ1) is 8.83. The second kappa shape index (κ2) is 6.12. The number of aromatic nitrogens is 2. The number of anilines is 1. The molecule has 0 fully saturated rings. The van der Waals surface area contributed by atoms with Gasteiger partial charge < -0.3 is 15.3 Å². The Morgan fingerprint density at radius 1 is 1.37 bits per heavy atom. The monoisotopic (exact) mass is 266 g/mol. The normalized spacial score (nSPS) is 10.9. The summed E-state index contributed by atoms with van der Waals surface area (Å²) in [5.74, 6) is -0.785. The molecule has 19 heavy (non-hydrogen) atoms. The summed E-state index contributed by atoms with van der Waals surface area (Å²) in [4.78, 5) is 32.2. The Balaban J connectivity index is 2.46. The summed E-state index contributed by atoms with van der Waals surface area (Å²) in [6, 6.07) is 1.69. The summed E-state index contributed by atoms with van der Waals surface area (Å²) in [6.45, 7) is 3.25. The van der Waals surface area contributed by atoms with Crippen molar-refractivity contribution in [3.8, 4) is 0 Å². The van der Waals surface area contributed by atoms with E-state index in [0.717, 1.165) is 0 Å². The number of hydrogen-bond acceptors (Lipinski definition) is 5. The number of carboxylic acids is 1. The number of hydrogen-bond donors (Lipinski definition) is 2. The van der Waals surface area contributed by atoms with Crippen molar-refractivity contribution in [1.82, 2.24) is 15.3 Å². The molecule has 1 aromatic heterocycles. The third kappa shape index (κ3) is 4.53. The van der Waals surface area contributed by atoms with Crippen molar-refractivity contribution in [2.45, 2.75) is 13.8 Å². The predicted molar refractivity (Wildman–Crippen MR) is 69.7 cm³/mol. The van der Waals surface area contributed by atoms with E-state index >= 15 is 0 Å². The number of rotatable bonds is 6. The maximum Gasteiger partial charge on any atom is 0.310 e. The quantitative estimate of drug-likeness (QED) is 0.760. The minimum Gasteiger partial charge on any atom is -0.481 e. The van der Waals surface area contributed by atoms with E-state index < -0.39 is 11.4 Å². The van der Waals surface area contributed by atoms with E-state index in [-0.39, 0.29) is 19.0 Å². The fourth-order valence-corrected chi connectivity index (χ4v) is 1.23.